The second-order valence-corrected chi connectivity index (χ2v) is 9.85. The predicted octanol–water partition coefficient (Wildman–Crippen LogP) is 4.72. The van der Waals surface area contributed by atoms with Crippen molar-refractivity contribution in [3.8, 4) is 11.8 Å². The quantitative estimate of drug-likeness (QED) is 0.407. The molecule has 6 nitrogen and oxygen atoms in total. The van der Waals surface area contributed by atoms with E-state index in [1.165, 1.54) is 11.8 Å². The number of aromatic nitrogens is 2. The molecule has 4 rings (SSSR count). The third kappa shape index (κ3) is 4.40. The summed E-state index contributed by atoms with van der Waals surface area (Å²) in [7, 11) is 1.73. The van der Waals surface area contributed by atoms with Crippen molar-refractivity contribution in [1.82, 2.24) is 14.5 Å². The van der Waals surface area contributed by atoms with Gasteiger partial charge < -0.3 is 4.90 Å². The smallest absolute Gasteiger partial charge is 0.266 e. The number of carbonyl (C=O) groups excluding carboxylic acids is 1. The van der Waals surface area contributed by atoms with E-state index < -0.39 is 5.54 Å². The molecule has 1 aliphatic carbocycles. The Morgan fingerprint density at radius 1 is 1.21 bits per heavy atom. The summed E-state index contributed by atoms with van der Waals surface area (Å²) in [5, 5.41) is 10.9. The van der Waals surface area contributed by atoms with Crippen LogP contribution in [-0.2, 0) is 4.79 Å². The zero-order valence-electron chi connectivity index (χ0n) is 19.2. The van der Waals surface area contributed by atoms with Crippen LogP contribution < -0.4 is 5.56 Å². The van der Waals surface area contributed by atoms with Gasteiger partial charge >= 0.3 is 0 Å². The van der Waals surface area contributed by atoms with Gasteiger partial charge in [-0.1, -0.05) is 49.0 Å². The normalized spacial score (nSPS) is 20.4. The van der Waals surface area contributed by atoms with Crippen molar-refractivity contribution in [2.75, 3.05) is 12.8 Å². The number of fused-ring (bicyclic) bond motifs is 1. The van der Waals surface area contributed by atoms with Crippen LogP contribution in [0.1, 0.15) is 38.2 Å². The van der Waals surface area contributed by atoms with Gasteiger partial charge in [-0.15, -0.1) is 0 Å². The van der Waals surface area contributed by atoms with Gasteiger partial charge in [0, 0.05) is 7.05 Å². The number of thioether (sulfide) groups is 1. The van der Waals surface area contributed by atoms with E-state index >= 15 is 0 Å². The van der Waals surface area contributed by atoms with Crippen LogP contribution >= 0.6 is 11.8 Å². The summed E-state index contributed by atoms with van der Waals surface area (Å²) >= 11 is 1.24. The third-order valence-corrected chi connectivity index (χ3v) is 7.68. The Bertz CT molecular complexity index is 1290. The van der Waals surface area contributed by atoms with Crippen LogP contribution in [0.15, 0.2) is 58.5 Å². The number of hydrogen-bond donors (Lipinski definition) is 0. The van der Waals surface area contributed by atoms with Crippen molar-refractivity contribution in [2.45, 2.75) is 50.2 Å². The lowest BCUT2D eigenvalue weighted by Gasteiger charge is -2.40. The highest BCUT2D eigenvalue weighted by molar-refractivity contribution is 7.99. The van der Waals surface area contributed by atoms with Crippen molar-refractivity contribution < 1.29 is 4.79 Å². The maximum atomic E-state index is 13.4. The number of rotatable bonds is 5. The minimum atomic E-state index is -0.753. The van der Waals surface area contributed by atoms with Gasteiger partial charge in [-0.3, -0.25) is 14.2 Å². The lowest BCUT2D eigenvalue weighted by molar-refractivity contribution is -0.132. The minimum absolute atomic E-state index is 0.103. The van der Waals surface area contributed by atoms with E-state index in [1.54, 1.807) is 22.6 Å². The van der Waals surface area contributed by atoms with Crippen molar-refractivity contribution in [3.63, 3.8) is 0 Å². The number of para-hydroxylation sites is 2. The molecule has 0 bridgehead atoms. The second-order valence-electron chi connectivity index (χ2n) is 8.91. The number of nitriles is 1. The molecule has 0 spiro atoms. The van der Waals surface area contributed by atoms with E-state index in [2.05, 4.69) is 13.0 Å². The van der Waals surface area contributed by atoms with Crippen molar-refractivity contribution >= 4 is 28.6 Å². The Morgan fingerprint density at radius 3 is 2.58 bits per heavy atom. The van der Waals surface area contributed by atoms with Crippen molar-refractivity contribution in [1.29, 1.82) is 5.26 Å². The largest absolute Gasteiger partial charge is 0.326 e. The predicted molar refractivity (Wildman–Crippen MR) is 132 cm³/mol. The van der Waals surface area contributed by atoms with Crippen molar-refractivity contribution in [2.24, 2.45) is 5.92 Å². The van der Waals surface area contributed by atoms with Gasteiger partial charge in [0.15, 0.2) is 5.16 Å². The van der Waals surface area contributed by atoms with Gasteiger partial charge in [-0.05, 0) is 62.3 Å². The van der Waals surface area contributed by atoms with Crippen LogP contribution in [0.5, 0.6) is 0 Å². The van der Waals surface area contributed by atoms with E-state index in [1.807, 2.05) is 49.4 Å². The molecule has 33 heavy (non-hydrogen) atoms. The molecule has 0 radical (unpaired) electrons. The maximum Gasteiger partial charge on any atom is 0.266 e. The van der Waals surface area contributed by atoms with Crippen molar-refractivity contribution in [3.05, 3.63) is 64.4 Å². The van der Waals surface area contributed by atoms with E-state index in [9.17, 15) is 14.9 Å². The van der Waals surface area contributed by atoms with Gasteiger partial charge in [0.1, 0.15) is 5.54 Å². The number of carbonyl (C=O) groups is 1. The van der Waals surface area contributed by atoms with Crippen LogP contribution in [0.3, 0.4) is 0 Å². The first-order valence-corrected chi connectivity index (χ1v) is 12.2. The molecule has 1 saturated carbocycles. The molecule has 0 aliphatic heterocycles. The van der Waals surface area contributed by atoms with E-state index in [0.717, 1.165) is 24.1 Å². The highest BCUT2D eigenvalue weighted by Crippen LogP contribution is 2.36. The molecule has 1 fully saturated rings. The fourth-order valence-electron chi connectivity index (χ4n) is 4.46. The van der Waals surface area contributed by atoms with E-state index in [-0.39, 0.29) is 17.2 Å². The van der Waals surface area contributed by atoms with Crippen LogP contribution in [0, 0.1) is 24.2 Å². The lowest BCUT2D eigenvalue weighted by Crippen LogP contribution is -2.51. The molecule has 2 aromatic carbocycles. The molecule has 0 unspecified atom stereocenters. The van der Waals surface area contributed by atoms with Gasteiger partial charge in [0.05, 0.1) is 28.4 Å². The number of hydrogen-bond acceptors (Lipinski definition) is 5. The summed E-state index contributed by atoms with van der Waals surface area (Å²) in [6.45, 7) is 4.14. The minimum Gasteiger partial charge on any atom is -0.326 e. The molecule has 0 saturated heterocycles. The standard InChI is InChI=1S/C26H28N4O2S/c1-18-12-14-26(17-27,15-13-18)29(3)23(31)16-33-25-28-21-10-6-5-9-20(21)24(32)30(25)22-11-7-4-8-19(22)2/h4-11,18H,12-16H2,1-3H3. The van der Waals surface area contributed by atoms with Gasteiger partial charge in [-0.2, -0.15) is 5.26 Å². The average molecular weight is 461 g/mol. The molecule has 1 heterocycles. The Balaban J connectivity index is 1.67. The molecule has 1 aromatic heterocycles. The molecule has 0 N–H and O–H groups in total. The summed E-state index contributed by atoms with van der Waals surface area (Å²) in [6, 6.07) is 17.3. The molecular weight excluding hydrogens is 432 g/mol. The second kappa shape index (κ2) is 9.40. The van der Waals surface area contributed by atoms with E-state index in [0.29, 0.717) is 34.8 Å². The lowest BCUT2D eigenvalue weighted by atomic mass is 9.77. The Morgan fingerprint density at radius 2 is 1.88 bits per heavy atom. The molecule has 1 aliphatic rings. The molecule has 0 atom stereocenters. The number of aryl methyl sites for hydroxylation is 1. The average Bonchev–Trinajstić information content (AvgIpc) is 2.84. The Kier molecular flexibility index (Phi) is 6.57. The topological polar surface area (TPSA) is 79.0 Å². The Hall–Kier alpha value is -3.11. The van der Waals surface area contributed by atoms with Crippen LogP contribution in [0.4, 0.5) is 0 Å². The zero-order chi connectivity index (χ0) is 23.6. The summed E-state index contributed by atoms with van der Waals surface area (Å²) in [5.74, 6) is 0.552. The van der Waals surface area contributed by atoms with Crippen LogP contribution in [0.2, 0.25) is 0 Å². The number of amides is 1. The summed E-state index contributed by atoms with van der Waals surface area (Å²) in [5.41, 5.74) is 1.38. The molecule has 3 aromatic rings. The first kappa shape index (κ1) is 23.1. The van der Waals surface area contributed by atoms with Crippen LogP contribution in [0.25, 0.3) is 16.6 Å². The summed E-state index contributed by atoms with van der Waals surface area (Å²) in [6.07, 6.45) is 3.27. The summed E-state index contributed by atoms with van der Waals surface area (Å²) in [4.78, 5) is 32.9. The molecule has 170 valence electrons. The van der Waals surface area contributed by atoms with E-state index in [4.69, 9.17) is 4.98 Å². The van der Waals surface area contributed by atoms with Gasteiger partial charge in [0.25, 0.3) is 5.56 Å². The SMILES string of the molecule is Cc1ccccc1-n1c(SCC(=O)N(C)C2(C#N)CCC(C)CC2)nc2ccccc2c1=O. The highest BCUT2D eigenvalue weighted by atomic mass is 32.2. The molecular formula is C26H28N4O2S. The third-order valence-electron chi connectivity index (χ3n) is 6.75. The van der Waals surface area contributed by atoms with Crippen LogP contribution in [-0.4, -0.2) is 38.7 Å². The fraction of sp³-hybridized carbons (Fsp3) is 0.385. The first-order valence-electron chi connectivity index (χ1n) is 11.2. The molecule has 7 heteroatoms. The van der Waals surface area contributed by atoms with Gasteiger partial charge in [-0.25, -0.2) is 4.98 Å². The Labute approximate surface area is 198 Å². The maximum absolute atomic E-state index is 13.4. The monoisotopic (exact) mass is 460 g/mol. The fourth-order valence-corrected chi connectivity index (χ4v) is 5.38. The first-order chi connectivity index (χ1) is 15.9. The van der Waals surface area contributed by atoms with Gasteiger partial charge in [0.2, 0.25) is 5.91 Å². The number of nitrogens with zero attached hydrogens (tertiary/aromatic N) is 4. The molecule has 1 amide bonds. The zero-order valence-corrected chi connectivity index (χ0v) is 20.1. The summed E-state index contributed by atoms with van der Waals surface area (Å²) < 4.78 is 1.60. The number of benzene rings is 2. The highest BCUT2D eigenvalue weighted by Gasteiger charge is 2.40.